The largest absolute Gasteiger partial charge is 0.351 e. The molecule has 1 aromatic rings. The highest BCUT2D eigenvalue weighted by Crippen LogP contribution is 2.29. The molecule has 2 amide bonds. The highest BCUT2D eigenvalue weighted by molar-refractivity contribution is 5.84. The average Bonchev–Trinajstić information content (AvgIpc) is 3.01. The molecular weight excluding hydrogens is 396 g/mol. The molecule has 170 valence electrons. The summed E-state index contributed by atoms with van der Waals surface area (Å²) in [5, 5.41) is 10.6. The van der Waals surface area contributed by atoms with E-state index >= 15 is 0 Å². The minimum Gasteiger partial charge on any atom is -0.351 e. The molecule has 1 aliphatic carbocycles. The fourth-order valence-electron chi connectivity index (χ4n) is 4.63. The summed E-state index contributed by atoms with van der Waals surface area (Å²) in [5.41, 5.74) is 0.315. The monoisotopic (exact) mass is 430 g/mol. The number of likely N-dealkylation sites (tertiary alicyclic amines) is 1. The van der Waals surface area contributed by atoms with Crippen molar-refractivity contribution in [1.82, 2.24) is 30.2 Å². The zero-order valence-electron chi connectivity index (χ0n) is 19.1. The number of amides is 2. The van der Waals surface area contributed by atoms with Gasteiger partial charge in [0.15, 0.2) is 0 Å². The molecule has 1 aliphatic heterocycles. The van der Waals surface area contributed by atoms with Crippen molar-refractivity contribution in [3.05, 3.63) is 17.8 Å². The second-order valence-corrected chi connectivity index (χ2v) is 9.42. The molecule has 10 heteroatoms. The average molecular weight is 431 g/mol. The lowest BCUT2D eigenvalue weighted by molar-refractivity contribution is -0.133. The van der Waals surface area contributed by atoms with E-state index in [1.54, 1.807) is 6.92 Å². The molecular formula is C21H34N8O2. The van der Waals surface area contributed by atoms with Crippen molar-refractivity contribution in [3.63, 3.8) is 0 Å². The van der Waals surface area contributed by atoms with Gasteiger partial charge in [0.1, 0.15) is 18.2 Å². The van der Waals surface area contributed by atoms with Crippen molar-refractivity contribution in [2.24, 2.45) is 10.1 Å². The Kier molecular flexibility index (Phi) is 6.88. The number of hydrogen-bond donors (Lipinski definition) is 2. The van der Waals surface area contributed by atoms with Gasteiger partial charge in [0.05, 0.1) is 12.1 Å². The Morgan fingerprint density at radius 1 is 1.26 bits per heavy atom. The Hall–Kier alpha value is -2.62. The molecule has 0 bridgehead atoms. The fourth-order valence-corrected chi connectivity index (χ4v) is 4.63. The molecule has 31 heavy (non-hydrogen) atoms. The quantitative estimate of drug-likeness (QED) is 0.655. The third-order valence-electron chi connectivity index (χ3n) is 5.78. The van der Waals surface area contributed by atoms with Gasteiger partial charge in [0.25, 0.3) is 0 Å². The van der Waals surface area contributed by atoms with Crippen molar-refractivity contribution < 1.29 is 9.59 Å². The minimum atomic E-state index is -0.522. The number of nitrogens with one attached hydrogen (secondary N) is 2. The SMILES string of the molecule is C=Nn1c(C)ncnc1=NC1CCN(C2CCC(NC(C)(C)C)CC2NC(C)=O)C1=O. The van der Waals surface area contributed by atoms with Crippen LogP contribution in [0, 0.1) is 6.92 Å². The first-order valence-electron chi connectivity index (χ1n) is 10.9. The van der Waals surface area contributed by atoms with Crippen LogP contribution in [0.25, 0.3) is 0 Å². The number of aromatic nitrogens is 3. The van der Waals surface area contributed by atoms with Gasteiger partial charge in [-0.2, -0.15) is 14.8 Å². The highest BCUT2D eigenvalue weighted by Gasteiger charge is 2.42. The molecule has 0 aromatic carbocycles. The van der Waals surface area contributed by atoms with Crippen molar-refractivity contribution in [2.45, 2.75) is 90.0 Å². The maximum atomic E-state index is 13.2. The number of carbonyl (C=O) groups excluding carboxylic acids is 2. The second kappa shape index (κ2) is 9.25. The van der Waals surface area contributed by atoms with Gasteiger partial charge in [-0.15, -0.1) is 0 Å². The van der Waals surface area contributed by atoms with E-state index in [9.17, 15) is 9.59 Å². The van der Waals surface area contributed by atoms with Gasteiger partial charge < -0.3 is 15.5 Å². The molecule has 4 unspecified atom stereocenters. The molecule has 0 radical (unpaired) electrons. The van der Waals surface area contributed by atoms with E-state index in [-0.39, 0.29) is 29.4 Å². The van der Waals surface area contributed by atoms with Gasteiger partial charge in [-0.3, -0.25) is 9.59 Å². The molecule has 2 fully saturated rings. The number of hydrogen-bond acceptors (Lipinski definition) is 7. The van der Waals surface area contributed by atoms with Crippen LogP contribution in [0.2, 0.25) is 0 Å². The first kappa shape index (κ1) is 23.1. The van der Waals surface area contributed by atoms with Crippen molar-refractivity contribution in [2.75, 3.05) is 6.54 Å². The third-order valence-corrected chi connectivity index (χ3v) is 5.78. The summed E-state index contributed by atoms with van der Waals surface area (Å²) in [6, 6.07) is -0.347. The Bertz CT molecular complexity index is 903. The zero-order chi connectivity index (χ0) is 22.8. The first-order valence-corrected chi connectivity index (χ1v) is 10.9. The highest BCUT2D eigenvalue weighted by atomic mass is 16.2. The zero-order valence-corrected chi connectivity index (χ0v) is 19.1. The van der Waals surface area contributed by atoms with Crippen LogP contribution in [-0.2, 0) is 9.59 Å². The number of carbonyl (C=O) groups is 2. The van der Waals surface area contributed by atoms with E-state index in [0.717, 1.165) is 19.3 Å². The summed E-state index contributed by atoms with van der Waals surface area (Å²) < 4.78 is 1.43. The molecule has 2 N–H and O–H groups in total. The van der Waals surface area contributed by atoms with E-state index < -0.39 is 6.04 Å². The molecule has 2 heterocycles. The smallest absolute Gasteiger partial charge is 0.249 e. The van der Waals surface area contributed by atoms with Crippen LogP contribution >= 0.6 is 0 Å². The Balaban J connectivity index is 1.78. The van der Waals surface area contributed by atoms with Crippen LogP contribution in [0.4, 0.5) is 0 Å². The maximum Gasteiger partial charge on any atom is 0.249 e. The van der Waals surface area contributed by atoms with Gasteiger partial charge in [0.2, 0.25) is 17.4 Å². The van der Waals surface area contributed by atoms with Gasteiger partial charge in [-0.1, -0.05) is 0 Å². The molecule has 4 atom stereocenters. The predicted octanol–water partition coefficient (Wildman–Crippen LogP) is 0.366. The van der Waals surface area contributed by atoms with Gasteiger partial charge in [-0.25, -0.2) is 9.98 Å². The van der Waals surface area contributed by atoms with Crippen LogP contribution in [0.3, 0.4) is 0 Å². The Morgan fingerprint density at radius 3 is 2.65 bits per heavy atom. The number of nitrogens with zero attached hydrogens (tertiary/aromatic N) is 6. The fraction of sp³-hybridized carbons (Fsp3) is 0.714. The maximum absolute atomic E-state index is 13.2. The van der Waals surface area contributed by atoms with Crippen LogP contribution in [0.15, 0.2) is 16.4 Å². The number of aryl methyl sites for hydroxylation is 1. The van der Waals surface area contributed by atoms with Crippen molar-refractivity contribution in [3.8, 4) is 0 Å². The van der Waals surface area contributed by atoms with E-state index in [2.05, 4.69) is 58.2 Å². The van der Waals surface area contributed by atoms with Crippen LogP contribution in [0.5, 0.6) is 0 Å². The summed E-state index contributed by atoms with van der Waals surface area (Å²) in [5.74, 6) is 0.491. The number of rotatable bonds is 5. The lowest BCUT2D eigenvalue weighted by Gasteiger charge is -2.43. The summed E-state index contributed by atoms with van der Waals surface area (Å²) in [7, 11) is 0. The van der Waals surface area contributed by atoms with Crippen molar-refractivity contribution in [1.29, 1.82) is 0 Å². The van der Waals surface area contributed by atoms with Gasteiger partial charge in [0, 0.05) is 31.8 Å². The molecule has 2 aliphatic rings. The van der Waals surface area contributed by atoms with E-state index in [1.165, 1.54) is 17.9 Å². The van der Waals surface area contributed by atoms with Crippen LogP contribution in [0.1, 0.15) is 59.2 Å². The lowest BCUT2D eigenvalue weighted by Crippen LogP contribution is -2.59. The van der Waals surface area contributed by atoms with Crippen LogP contribution < -0.4 is 16.3 Å². The minimum absolute atomic E-state index is 0.00402. The second-order valence-electron chi connectivity index (χ2n) is 9.42. The molecule has 1 aromatic heterocycles. The van der Waals surface area contributed by atoms with Crippen molar-refractivity contribution >= 4 is 18.5 Å². The Morgan fingerprint density at radius 2 is 2.00 bits per heavy atom. The molecule has 3 rings (SSSR count). The van der Waals surface area contributed by atoms with E-state index in [4.69, 9.17) is 0 Å². The third kappa shape index (κ3) is 5.55. The first-order chi connectivity index (χ1) is 14.6. The molecule has 1 saturated heterocycles. The predicted molar refractivity (Wildman–Crippen MR) is 117 cm³/mol. The van der Waals surface area contributed by atoms with E-state index in [1.807, 2.05) is 4.90 Å². The van der Waals surface area contributed by atoms with Crippen LogP contribution in [-0.4, -0.2) is 74.3 Å². The van der Waals surface area contributed by atoms with Gasteiger partial charge in [-0.05, 0) is 53.4 Å². The summed E-state index contributed by atoms with van der Waals surface area (Å²) in [6.45, 7) is 13.9. The topological polar surface area (TPSA) is 117 Å². The van der Waals surface area contributed by atoms with E-state index in [0.29, 0.717) is 30.5 Å². The summed E-state index contributed by atoms with van der Waals surface area (Å²) in [4.78, 5) is 39.8. The molecule has 0 spiro atoms. The standard InChI is InChI=1S/C21H34N8O2/c1-13-23-12-24-20(29(13)22-6)26-16-9-10-28(19(16)31)18-8-7-15(27-21(3,4)5)11-17(18)25-14(2)30/h12,15-18,27H,6-11H2,1-5H3,(H,25,30). The molecule has 10 nitrogen and oxygen atoms in total. The lowest BCUT2D eigenvalue weighted by atomic mass is 9.84. The summed E-state index contributed by atoms with van der Waals surface area (Å²) in [6.07, 6.45) is 4.58. The normalized spacial score (nSPS) is 27.5. The molecule has 1 saturated carbocycles. The summed E-state index contributed by atoms with van der Waals surface area (Å²) >= 11 is 0. The van der Waals surface area contributed by atoms with Gasteiger partial charge >= 0.3 is 0 Å². The Labute approximate surface area is 183 Å².